The lowest BCUT2D eigenvalue weighted by Gasteiger charge is -2.42. The molecule has 0 spiro atoms. The van der Waals surface area contributed by atoms with Crippen molar-refractivity contribution in [2.45, 2.75) is 70.9 Å². The molecule has 30 heavy (non-hydrogen) atoms. The number of amides is 2. The van der Waals surface area contributed by atoms with E-state index < -0.39 is 0 Å². The first-order chi connectivity index (χ1) is 14.5. The summed E-state index contributed by atoms with van der Waals surface area (Å²) in [6.45, 7) is 7.73. The zero-order chi connectivity index (χ0) is 21.1. The normalized spacial score (nSPS) is 24.0. The second-order valence-electron chi connectivity index (χ2n) is 9.67. The maximum absolute atomic E-state index is 13.0. The first-order valence-electron chi connectivity index (χ1n) is 11.9. The summed E-state index contributed by atoms with van der Waals surface area (Å²) in [5.41, 5.74) is 2.71. The van der Waals surface area contributed by atoms with Crippen LogP contribution in [0.4, 0.5) is 0 Å². The number of piperidine rings is 2. The largest absolute Gasteiger partial charge is 0.349 e. The van der Waals surface area contributed by atoms with E-state index in [1.165, 1.54) is 11.1 Å². The van der Waals surface area contributed by atoms with Crippen molar-refractivity contribution >= 4 is 11.8 Å². The van der Waals surface area contributed by atoms with Gasteiger partial charge in [0.05, 0.1) is 6.04 Å². The van der Waals surface area contributed by atoms with E-state index in [-0.39, 0.29) is 29.7 Å². The Hall–Kier alpha value is -1.88. The molecular formula is C25H37N3O2. The van der Waals surface area contributed by atoms with Crippen molar-refractivity contribution in [3.05, 3.63) is 35.4 Å². The predicted octanol–water partition coefficient (Wildman–Crippen LogP) is 3.54. The molecule has 1 unspecified atom stereocenters. The van der Waals surface area contributed by atoms with Crippen LogP contribution >= 0.6 is 0 Å². The molecule has 2 saturated heterocycles. The van der Waals surface area contributed by atoms with E-state index in [9.17, 15) is 9.59 Å². The van der Waals surface area contributed by atoms with Crippen molar-refractivity contribution in [1.82, 2.24) is 15.1 Å². The number of aryl methyl sites for hydroxylation is 1. The number of likely N-dealkylation sites (tertiary alicyclic amines) is 2. The van der Waals surface area contributed by atoms with Gasteiger partial charge in [-0.2, -0.15) is 0 Å². The molecule has 0 radical (unpaired) electrons. The van der Waals surface area contributed by atoms with Gasteiger partial charge < -0.3 is 15.1 Å². The average molecular weight is 412 g/mol. The molecule has 3 aliphatic rings. The van der Waals surface area contributed by atoms with Gasteiger partial charge in [-0.3, -0.25) is 9.59 Å². The Bertz CT molecular complexity index is 747. The summed E-state index contributed by atoms with van der Waals surface area (Å²) in [5.74, 6) is 0.756. The highest BCUT2D eigenvalue weighted by Gasteiger charge is 2.33. The maximum Gasteiger partial charge on any atom is 0.225 e. The van der Waals surface area contributed by atoms with Crippen LogP contribution in [0.1, 0.15) is 69.5 Å². The van der Waals surface area contributed by atoms with Gasteiger partial charge in [-0.15, -0.1) is 0 Å². The number of carbonyl (C=O) groups is 2. The molecule has 4 rings (SSSR count). The van der Waals surface area contributed by atoms with Crippen LogP contribution < -0.4 is 5.32 Å². The topological polar surface area (TPSA) is 52.7 Å². The van der Waals surface area contributed by atoms with Gasteiger partial charge in [0, 0.05) is 31.0 Å². The van der Waals surface area contributed by atoms with Crippen LogP contribution in [0.3, 0.4) is 0 Å². The highest BCUT2D eigenvalue weighted by atomic mass is 16.2. The lowest BCUT2D eigenvalue weighted by molar-refractivity contribution is -0.136. The van der Waals surface area contributed by atoms with Crippen molar-refractivity contribution in [2.24, 2.45) is 11.8 Å². The molecule has 164 valence electrons. The summed E-state index contributed by atoms with van der Waals surface area (Å²) in [4.78, 5) is 29.8. The van der Waals surface area contributed by atoms with Crippen LogP contribution in [0, 0.1) is 11.8 Å². The quantitative estimate of drug-likeness (QED) is 0.825. The first-order valence-corrected chi connectivity index (χ1v) is 11.9. The number of rotatable bonds is 4. The summed E-state index contributed by atoms with van der Waals surface area (Å²) in [6, 6.07) is 9.31. The highest BCUT2D eigenvalue weighted by molar-refractivity contribution is 5.79. The third-order valence-corrected chi connectivity index (χ3v) is 7.37. The van der Waals surface area contributed by atoms with Crippen LogP contribution in [-0.4, -0.2) is 53.8 Å². The molecule has 1 N–H and O–H groups in total. The summed E-state index contributed by atoms with van der Waals surface area (Å²) < 4.78 is 0. The molecule has 2 aliphatic heterocycles. The van der Waals surface area contributed by atoms with Gasteiger partial charge in [-0.05, 0) is 69.2 Å². The fourth-order valence-corrected chi connectivity index (χ4v) is 5.54. The number of hydrogen-bond donors (Lipinski definition) is 1. The van der Waals surface area contributed by atoms with Crippen molar-refractivity contribution < 1.29 is 9.59 Å². The van der Waals surface area contributed by atoms with Crippen molar-refractivity contribution in [1.29, 1.82) is 0 Å². The Labute approximate surface area is 181 Å². The van der Waals surface area contributed by atoms with E-state index in [1.807, 2.05) is 18.7 Å². The van der Waals surface area contributed by atoms with Gasteiger partial charge >= 0.3 is 0 Å². The molecule has 2 fully saturated rings. The van der Waals surface area contributed by atoms with Gasteiger partial charge in [-0.25, -0.2) is 0 Å². The number of fused-ring (bicyclic) bond motifs is 1. The minimum absolute atomic E-state index is 0.0898. The molecule has 1 aromatic rings. The summed E-state index contributed by atoms with van der Waals surface area (Å²) >= 11 is 0. The van der Waals surface area contributed by atoms with Crippen molar-refractivity contribution in [2.75, 3.05) is 26.2 Å². The third-order valence-electron chi connectivity index (χ3n) is 7.37. The zero-order valence-electron chi connectivity index (χ0n) is 18.6. The number of benzene rings is 1. The third kappa shape index (κ3) is 4.72. The molecule has 0 bridgehead atoms. The summed E-state index contributed by atoms with van der Waals surface area (Å²) in [5, 5.41) is 3.37. The lowest BCUT2D eigenvalue weighted by Crippen LogP contribution is -2.50. The Kier molecular flexibility index (Phi) is 6.77. The molecule has 1 aromatic carbocycles. The second-order valence-corrected chi connectivity index (χ2v) is 9.67. The van der Waals surface area contributed by atoms with Crippen molar-refractivity contribution in [3.8, 4) is 0 Å². The predicted molar refractivity (Wildman–Crippen MR) is 119 cm³/mol. The summed E-state index contributed by atoms with van der Waals surface area (Å²) in [7, 11) is 0. The number of nitrogens with one attached hydrogen (secondary N) is 1. The van der Waals surface area contributed by atoms with Gasteiger partial charge in [0.2, 0.25) is 11.8 Å². The molecule has 5 heteroatoms. The minimum Gasteiger partial charge on any atom is -0.349 e. The SMILES string of the molecule is CC(C)C(=O)N1CCC(N2CCC(C(=O)NC3CCCc4ccccc43)CC2)CC1. The Morgan fingerprint density at radius 2 is 1.67 bits per heavy atom. The molecule has 1 aliphatic carbocycles. The number of nitrogens with zero attached hydrogens (tertiary/aromatic N) is 2. The monoisotopic (exact) mass is 411 g/mol. The Morgan fingerprint density at radius 1 is 0.967 bits per heavy atom. The van der Waals surface area contributed by atoms with Crippen molar-refractivity contribution in [3.63, 3.8) is 0 Å². The van der Waals surface area contributed by atoms with E-state index in [0.717, 1.165) is 71.1 Å². The zero-order valence-corrected chi connectivity index (χ0v) is 18.6. The molecule has 0 saturated carbocycles. The second kappa shape index (κ2) is 9.51. The lowest BCUT2D eigenvalue weighted by atomic mass is 9.86. The Balaban J connectivity index is 1.24. The van der Waals surface area contributed by atoms with Gasteiger partial charge in [-0.1, -0.05) is 38.1 Å². The van der Waals surface area contributed by atoms with Crippen LogP contribution in [0.25, 0.3) is 0 Å². The number of hydrogen-bond acceptors (Lipinski definition) is 3. The van der Waals surface area contributed by atoms with E-state index in [4.69, 9.17) is 0 Å². The molecule has 5 nitrogen and oxygen atoms in total. The van der Waals surface area contributed by atoms with Gasteiger partial charge in [0.25, 0.3) is 0 Å². The Morgan fingerprint density at radius 3 is 2.37 bits per heavy atom. The van der Waals surface area contributed by atoms with Gasteiger partial charge in [0.15, 0.2) is 0 Å². The van der Waals surface area contributed by atoms with Crippen LogP contribution in [0.15, 0.2) is 24.3 Å². The smallest absolute Gasteiger partial charge is 0.225 e. The maximum atomic E-state index is 13.0. The van der Waals surface area contributed by atoms with E-state index in [2.05, 4.69) is 34.5 Å². The van der Waals surface area contributed by atoms with E-state index in [1.54, 1.807) is 0 Å². The fourth-order valence-electron chi connectivity index (χ4n) is 5.54. The van der Waals surface area contributed by atoms with E-state index in [0.29, 0.717) is 6.04 Å². The molecular weight excluding hydrogens is 374 g/mol. The standard InChI is InChI=1S/C25H37N3O2/c1-18(2)25(30)28-16-12-21(13-17-28)27-14-10-20(11-15-27)24(29)26-23-9-5-7-19-6-3-4-8-22(19)23/h3-4,6,8,18,20-21,23H,5,7,9-17H2,1-2H3,(H,26,29). The van der Waals surface area contributed by atoms with E-state index >= 15 is 0 Å². The van der Waals surface area contributed by atoms with Crippen LogP contribution in [-0.2, 0) is 16.0 Å². The number of carbonyl (C=O) groups excluding carboxylic acids is 2. The van der Waals surface area contributed by atoms with Crippen LogP contribution in [0.2, 0.25) is 0 Å². The molecule has 2 amide bonds. The molecule has 0 aromatic heterocycles. The molecule has 2 heterocycles. The summed E-state index contributed by atoms with van der Waals surface area (Å²) in [6.07, 6.45) is 7.36. The highest BCUT2D eigenvalue weighted by Crippen LogP contribution is 2.31. The van der Waals surface area contributed by atoms with Crippen LogP contribution in [0.5, 0.6) is 0 Å². The minimum atomic E-state index is 0.0898. The van der Waals surface area contributed by atoms with Gasteiger partial charge in [0.1, 0.15) is 0 Å². The first kappa shape index (κ1) is 21.4. The fraction of sp³-hybridized carbons (Fsp3) is 0.680. The molecule has 1 atom stereocenters. The average Bonchev–Trinajstić information content (AvgIpc) is 2.79.